The quantitative estimate of drug-likeness (QED) is 0.335. The molecule has 0 unspecified atom stereocenters. The van der Waals surface area contributed by atoms with Crippen molar-refractivity contribution in [3.8, 4) is 5.75 Å². The lowest BCUT2D eigenvalue weighted by Gasteiger charge is -2.10. The van der Waals surface area contributed by atoms with Gasteiger partial charge in [0.25, 0.3) is 5.91 Å². The first-order valence-corrected chi connectivity index (χ1v) is 11.4. The molecule has 2 aromatic carbocycles. The standard InChI is InChI=1S/C27H24N6O3/c34-26(18-33-13-5-11-29-33)31-22-8-3-6-20(14-22)16-28-27(35)21-7-4-9-24(15-21)36-19-23-17-32-12-2-1-10-25(32)30-23/h1-15,17H,16,18-19H2,(H,28,35)(H,31,34). The highest BCUT2D eigenvalue weighted by Gasteiger charge is 2.09. The van der Waals surface area contributed by atoms with Gasteiger partial charge < -0.3 is 19.8 Å². The number of nitrogens with zero attached hydrogens (tertiary/aromatic N) is 4. The number of carbonyl (C=O) groups excluding carboxylic acids is 2. The normalized spacial score (nSPS) is 10.8. The molecule has 5 rings (SSSR count). The van der Waals surface area contributed by atoms with Gasteiger partial charge in [-0.1, -0.05) is 24.3 Å². The van der Waals surface area contributed by atoms with E-state index in [4.69, 9.17) is 4.74 Å². The Morgan fingerprint density at radius 3 is 2.72 bits per heavy atom. The van der Waals surface area contributed by atoms with Crippen LogP contribution in [0, 0.1) is 0 Å². The number of carbonyl (C=O) groups is 2. The molecule has 180 valence electrons. The van der Waals surface area contributed by atoms with E-state index < -0.39 is 0 Å². The average molecular weight is 481 g/mol. The van der Waals surface area contributed by atoms with E-state index in [1.54, 1.807) is 47.4 Å². The monoisotopic (exact) mass is 480 g/mol. The maximum atomic E-state index is 12.7. The number of aromatic nitrogens is 4. The van der Waals surface area contributed by atoms with Crippen molar-refractivity contribution in [1.82, 2.24) is 24.5 Å². The second kappa shape index (κ2) is 10.6. The number of ether oxygens (including phenoxy) is 1. The van der Waals surface area contributed by atoms with E-state index in [1.807, 2.05) is 59.3 Å². The Labute approximate surface area is 207 Å². The van der Waals surface area contributed by atoms with E-state index in [9.17, 15) is 9.59 Å². The minimum absolute atomic E-state index is 0.128. The summed E-state index contributed by atoms with van der Waals surface area (Å²) in [5, 5.41) is 9.79. The summed E-state index contributed by atoms with van der Waals surface area (Å²) in [5.74, 6) is 0.184. The van der Waals surface area contributed by atoms with Crippen molar-refractivity contribution >= 4 is 23.1 Å². The second-order valence-corrected chi connectivity index (χ2v) is 8.15. The van der Waals surface area contributed by atoms with Gasteiger partial charge in [-0.05, 0) is 54.1 Å². The molecule has 0 aliphatic carbocycles. The van der Waals surface area contributed by atoms with E-state index in [2.05, 4.69) is 20.7 Å². The van der Waals surface area contributed by atoms with Gasteiger partial charge >= 0.3 is 0 Å². The van der Waals surface area contributed by atoms with Crippen LogP contribution in [0.15, 0.2) is 97.6 Å². The summed E-state index contributed by atoms with van der Waals surface area (Å²) >= 11 is 0. The molecule has 0 atom stereocenters. The molecule has 0 aliphatic heterocycles. The summed E-state index contributed by atoms with van der Waals surface area (Å²) in [4.78, 5) is 29.5. The van der Waals surface area contributed by atoms with Crippen LogP contribution in [0.5, 0.6) is 5.75 Å². The number of amides is 2. The van der Waals surface area contributed by atoms with E-state index in [1.165, 1.54) is 0 Å². The Kier molecular flexibility index (Phi) is 6.70. The van der Waals surface area contributed by atoms with Gasteiger partial charge in [0, 0.05) is 42.6 Å². The van der Waals surface area contributed by atoms with E-state index in [-0.39, 0.29) is 18.4 Å². The number of nitrogens with one attached hydrogen (secondary N) is 2. The molecule has 9 heteroatoms. The first kappa shape index (κ1) is 22.9. The molecule has 36 heavy (non-hydrogen) atoms. The maximum absolute atomic E-state index is 12.7. The summed E-state index contributed by atoms with van der Waals surface area (Å²) < 4.78 is 9.35. The number of hydrogen-bond donors (Lipinski definition) is 2. The van der Waals surface area contributed by atoms with Gasteiger partial charge in [0.05, 0.1) is 5.69 Å². The van der Waals surface area contributed by atoms with E-state index in [0.717, 1.165) is 16.9 Å². The molecule has 5 aromatic rings. The number of rotatable bonds is 9. The first-order chi connectivity index (χ1) is 17.6. The fourth-order valence-corrected chi connectivity index (χ4v) is 3.73. The number of hydrogen-bond acceptors (Lipinski definition) is 5. The largest absolute Gasteiger partial charge is 0.487 e. The predicted molar refractivity (Wildman–Crippen MR) is 134 cm³/mol. The van der Waals surface area contributed by atoms with Crippen molar-refractivity contribution in [1.29, 1.82) is 0 Å². The molecule has 0 aliphatic rings. The fourth-order valence-electron chi connectivity index (χ4n) is 3.73. The highest BCUT2D eigenvalue weighted by Crippen LogP contribution is 2.16. The molecule has 9 nitrogen and oxygen atoms in total. The third kappa shape index (κ3) is 5.76. The molecule has 0 saturated heterocycles. The maximum Gasteiger partial charge on any atom is 0.251 e. The summed E-state index contributed by atoms with van der Waals surface area (Å²) in [6.07, 6.45) is 7.20. The van der Waals surface area contributed by atoms with Crippen LogP contribution in [0.4, 0.5) is 5.69 Å². The lowest BCUT2D eigenvalue weighted by atomic mass is 10.1. The lowest BCUT2D eigenvalue weighted by molar-refractivity contribution is -0.116. The highest BCUT2D eigenvalue weighted by molar-refractivity contribution is 5.94. The summed E-state index contributed by atoms with van der Waals surface area (Å²) in [6, 6.07) is 21.9. The number of pyridine rings is 1. The van der Waals surface area contributed by atoms with Crippen molar-refractivity contribution in [2.24, 2.45) is 0 Å². The number of anilines is 1. The molecule has 0 spiro atoms. The molecule has 2 N–H and O–H groups in total. The first-order valence-electron chi connectivity index (χ1n) is 11.4. The van der Waals surface area contributed by atoms with Crippen LogP contribution in [0.3, 0.4) is 0 Å². The van der Waals surface area contributed by atoms with Crippen molar-refractivity contribution in [2.45, 2.75) is 19.7 Å². The Bertz CT molecular complexity index is 1460. The van der Waals surface area contributed by atoms with Gasteiger partial charge in [0.15, 0.2) is 0 Å². The molecule has 3 heterocycles. The Morgan fingerprint density at radius 2 is 1.86 bits per heavy atom. The van der Waals surface area contributed by atoms with Gasteiger partial charge in [-0.25, -0.2) is 4.98 Å². The highest BCUT2D eigenvalue weighted by atomic mass is 16.5. The zero-order valence-electron chi connectivity index (χ0n) is 19.4. The third-order valence-corrected chi connectivity index (χ3v) is 5.43. The zero-order valence-corrected chi connectivity index (χ0v) is 19.4. The number of benzene rings is 2. The summed E-state index contributed by atoms with van der Waals surface area (Å²) in [5.41, 5.74) is 3.66. The molecule has 2 amide bonds. The van der Waals surface area contributed by atoms with Gasteiger partial charge in [0.2, 0.25) is 5.91 Å². The van der Waals surface area contributed by atoms with Crippen molar-refractivity contribution in [2.75, 3.05) is 5.32 Å². The fraction of sp³-hybridized carbons (Fsp3) is 0.111. The lowest BCUT2D eigenvalue weighted by Crippen LogP contribution is -2.23. The number of imidazole rings is 1. The SMILES string of the molecule is O=C(Cn1cccn1)Nc1cccc(CNC(=O)c2cccc(OCc3cn4ccccc4n3)c2)c1. The Balaban J connectivity index is 1.15. The second-order valence-electron chi connectivity index (χ2n) is 8.15. The minimum Gasteiger partial charge on any atom is -0.487 e. The van der Waals surface area contributed by atoms with Gasteiger partial charge in [-0.2, -0.15) is 5.10 Å². The van der Waals surface area contributed by atoms with Crippen LogP contribution in [0.25, 0.3) is 5.65 Å². The minimum atomic E-state index is -0.221. The van der Waals surface area contributed by atoms with E-state index in [0.29, 0.717) is 30.2 Å². The van der Waals surface area contributed by atoms with Crippen LogP contribution < -0.4 is 15.4 Å². The van der Waals surface area contributed by atoms with Crippen molar-refractivity contribution in [3.05, 3.63) is 114 Å². The smallest absolute Gasteiger partial charge is 0.251 e. The van der Waals surface area contributed by atoms with Crippen LogP contribution >= 0.6 is 0 Å². The summed E-state index contributed by atoms with van der Waals surface area (Å²) in [6.45, 7) is 0.739. The molecular weight excluding hydrogens is 456 g/mol. The van der Waals surface area contributed by atoms with Crippen molar-refractivity contribution < 1.29 is 14.3 Å². The average Bonchev–Trinajstić information content (AvgIpc) is 3.56. The Hall–Kier alpha value is -4.92. The molecular formula is C27H24N6O3. The van der Waals surface area contributed by atoms with Crippen LogP contribution in [0.2, 0.25) is 0 Å². The van der Waals surface area contributed by atoms with Crippen molar-refractivity contribution in [3.63, 3.8) is 0 Å². The van der Waals surface area contributed by atoms with Gasteiger partial charge in [-0.15, -0.1) is 0 Å². The number of fused-ring (bicyclic) bond motifs is 1. The van der Waals surface area contributed by atoms with Crippen LogP contribution in [0.1, 0.15) is 21.6 Å². The van der Waals surface area contributed by atoms with Crippen LogP contribution in [-0.2, 0) is 24.5 Å². The zero-order chi connectivity index (χ0) is 24.7. The Morgan fingerprint density at radius 1 is 0.944 bits per heavy atom. The molecule has 0 bridgehead atoms. The van der Waals surface area contributed by atoms with Gasteiger partial charge in [-0.3, -0.25) is 14.3 Å². The molecule has 0 saturated carbocycles. The molecule has 0 fully saturated rings. The summed E-state index contributed by atoms with van der Waals surface area (Å²) in [7, 11) is 0. The topological polar surface area (TPSA) is 103 Å². The molecule has 0 radical (unpaired) electrons. The van der Waals surface area contributed by atoms with Crippen LogP contribution in [-0.4, -0.2) is 31.0 Å². The third-order valence-electron chi connectivity index (χ3n) is 5.43. The van der Waals surface area contributed by atoms with E-state index >= 15 is 0 Å². The predicted octanol–water partition coefficient (Wildman–Crippen LogP) is 3.68. The molecule has 3 aromatic heterocycles. The van der Waals surface area contributed by atoms with Gasteiger partial charge in [0.1, 0.15) is 24.5 Å².